The second-order valence-corrected chi connectivity index (χ2v) is 4.45. The summed E-state index contributed by atoms with van der Waals surface area (Å²) in [6, 6.07) is 15.8. The third kappa shape index (κ3) is 3.33. The van der Waals surface area contributed by atoms with E-state index in [0.29, 0.717) is 11.3 Å². The topological polar surface area (TPSA) is 12.0 Å². The molecule has 1 nitrogen and oxygen atoms in total. The highest BCUT2D eigenvalue weighted by Gasteiger charge is 2.03. The molecular formula is C16H18FN. The molecule has 0 saturated carbocycles. The molecule has 0 aromatic heterocycles. The van der Waals surface area contributed by atoms with Crippen molar-refractivity contribution in [2.75, 3.05) is 11.9 Å². The van der Waals surface area contributed by atoms with Crippen molar-refractivity contribution in [1.29, 1.82) is 0 Å². The minimum atomic E-state index is -0.141. The van der Waals surface area contributed by atoms with Gasteiger partial charge in [0, 0.05) is 6.54 Å². The van der Waals surface area contributed by atoms with E-state index in [1.807, 2.05) is 24.3 Å². The number of halogens is 1. The molecule has 0 bridgehead atoms. The van der Waals surface area contributed by atoms with Gasteiger partial charge in [0.25, 0.3) is 0 Å². The van der Waals surface area contributed by atoms with Crippen LogP contribution in [0.3, 0.4) is 0 Å². The molecule has 0 amide bonds. The summed E-state index contributed by atoms with van der Waals surface area (Å²) in [5, 5.41) is 3.15. The van der Waals surface area contributed by atoms with E-state index in [9.17, 15) is 4.39 Å². The fourth-order valence-electron chi connectivity index (χ4n) is 1.94. The van der Waals surface area contributed by atoms with Crippen molar-refractivity contribution >= 4 is 5.69 Å². The summed E-state index contributed by atoms with van der Waals surface area (Å²) in [5.74, 6) is -0.141. The van der Waals surface area contributed by atoms with Crippen LogP contribution in [0, 0.1) is 12.7 Å². The second-order valence-electron chi connectivity index (χ2n) is 4.45. The first-order valence-electron chi connectivity index (χ1n) is 6.30. The van der Waals surface area contributed by atoms with Gasteiger partial charge in [-0.1, -0.05) is 42.5 Å². The van der Waals surface area contributed by atoms with E-state index in [1.54, 1.807) is 19.1 Å². The van der Waals surface area contributed by atoms with Crippen molar-refractivity contribution in [2.45, 2.75) is 19.8 Å². The second kappa shape index (κ2) is 6.20. The minimum Gasteiger partial charge on any atom is -0.383 e. The quantitative estimate of drug-likeness (QED) is 0.777. The first kappa shape index (κ1) is 12.6. The third-order valence-corrected chi connectivity index (χ3v) is 2.99. The van der Waals surface area contributed by atoms with E-state index in [0.717, 1.165) is 19.4 Å². The van der Waals surface area contributed by atoms with Gasteiger partial charge in [-0.25, -0.2) is 4.39 Å². The van der Waals surface area contributed by atoms with Crippen molar-refractivity contribution < 1.29 is 4.39 Å². The smallest absolute Gasteiger partial charge is 0.149 e. The summed E-state index contributed by atoms with van der Waals surface area (Å²) in [5.41, 5.74) is 2.61. The number of anilines is 1. The zero-order valence-electron chi connectivity index (χ0n) is 10.6. The lowest BCUT2D eigenvalue weighted by Gasteiger charge is -2.08. The van der Waals surface area contributed by atoms with Gasteiger partial charge >= 0.3 is 0 Å². The van der Waals surface area contributed by atoms with Crippen LogP contribution >= 0.6 is 0 Å². The SMILES string of the molecule is Cc1cccc(NCCCc2ccccc2)c1F. The molecule has 0 aliphatic rings. The highest BCUT2D eigenvalue weighted by Crippen LogP contribution is 2.17. The molecule has 0 fully saturated rings. The van der Waals surface area contributed by atoms with Crippen LogP contribution < -0.4 is 5.32 Å². The van der Waals surface area contributed by atoms with Gasteiger partial charge in [-0.2, -0.15) is 0 Å². The predicted molar refractivity (Wildman–Crippen MR) is 74.4 cm³/mol. The molecule has 0 aliphatic carbocycles. The van der Waals surface area contributed by atoms with E-state index in [1.165, 1.54) is 5.56 Å². The molecule has 94 valence electrons. The molecule has 0 saturated heterocycles. The van der Waals surface area contributed by atoms with Crippen molar-refractivity contribution in [2.24, 2.45) is 0 Å². The Bertz CT molecular complexity index is 494. The third-order valence-electron chi connectivity index (χ3n) is 2.99. The molecule has 0 unspecified atom stereocenters. The van der Waals surface area contributed by atoms with E-state index in [-0.39, 0.29) is 5.82 Å². The van der Waals surface area contributed by atoms with Gasteiger partial charge < -0.3 is 5.32 Å². The largest absolute Gasteiger partial charge is 0.383 e. The van der Waals surface area contributed by atoms with Gasteiger partial charge in [-0.05, 0) is 37.0 Å². The summed E-state index contributed by atoms with van der Waals surface area (Å²) >= 11 is 0. The van der Waals surface area contributed by atoms with Crippen molar-refractivity contribution in [1.82, 2.24) is 0 Å². The molecule has 0 heterocycles. The molecule has 0 atom stereocenters. The van der Waals surface area contributed by atoms with Gasteiger partial charge in [0.1, 0.15) is 5.82 Å². The van der Waals surface area contributed by atoms with Crippen LogP contribution in [0.1, 0.15) is 17.5 Å². The Balaban J connectivity index is 1.81. The van der Waals surface area contributed by atoms with Crippen LogP contribution in [0.2, 0.25) is 0 Å². The molecule has 0 aliphatic heterocycles. The molecule has 18 heavy (non-hydrogen) atoms. The fraction of sp³-hybridized carbons (Fsp3) is 0.250. The molecule has 0 spiro atoms. The van der Waals surface area contributed by atoms with E-state index < -0.39 is 0 Å². The van der Waals surface area contributed by atoms with Gasteiger partial charge in [0.05, 0.1) is 5.69 Å². The van der Waals surface area contributed by atoms with Crippen LogP contribution in [0.15, 0.2) is 48.5 Å². The Labute approximate surface area is 108 Å². The lowest BCUT2D eigenvalue weighted by Crippen LogP contribution is -2.05. The number of nitrogens with one attached hydrogen (secondary N) is 1. The lowest BCUT2D eigenvalue weighted by molar-refractivity contribution is 0.620. The van der Waals surface area contributed by atoms with Crippen molar-refractivity contribution in [3.8, 4) is 0 Å². The summed E-state index contributed by atoms with van der Waals surface area (Å²) in [6.45, 7) is 2.57. The number of aryl methyl sites for hydroxylation is 2. The van der Waals surface area contributed by atoms with Crippen LogP contribution in [-0.2, 0) is 6.42 Å². The van der Waals surface area contributed by atoms with Crippen molar-refractivity contribution in [3.63, 3.8) is 0 Å². The maximum absolute atomic E-state index is 13.7. The Morgan fingerprint density at radius 2 is 1.78 bits per heavy atom. The Hall–Kier alpha value is -1.83. The first-order valence-corrected chi connectivity index (χ1v) is 6.30. The Kier molecular flexibility index (Phi) is 4.35. The monoisotopic (exact) mass is 243 g/mol. The molecule has 2 rings (SSSR count). The van der Waals surface area contributed by atoms with Crippen molar-refractivity contribution in [3.05, 3.63) is 65.5 Å². The molecule has 0 radical (unpaired) electrons. The Morgan fingerprint density at radius 3 is 2.56 bits per heavy atom. The maximum atomic E-state index is 13.7. The number of hydrogen-bond donors (Lipinski definition) is 1. The van der Waals surface area contributed by atoms with E-state index in [2.05, 4.69) is 17.4 Å². The summed E-state index contributed by atoms with van der Waals surface area (Å²) in [4.78, 5) is 0. The van der Waals surface area contributed by atoms with Gasteiger partial charge in [-0.3, -0.25) is 0 Å². The number of rotatable bonds is 5. The molecule has 2 heteroatoms. The van der Waals surface area contributed by atoms with Crippen LogP contribution in [0.4, 0.5) is 10.1 Å². The highest BCUT2D eigenvalue weighted by molar-refractivity contribution is 5.47. The predicted octanol–water partition coefficient (Wildman–Crippen LogP) is 4.18. The minimum absolute atomic E-state index is 0.141. The maximum Gasteiger partial charge on any atom is 0.149 e. The average Bonchev–Trinajstić information content (AvgIpc) is 2.40. The molecule has 2 aromatic carbocycles. The lowest BCUT2D eigenvalue weighted by atomic mass is 10.1. The first-order chi connectivity index (χ1) is 8.77. The average molecular weight is 243 g/mol. The van der Waals surface area contributed by atoms with Gasteiger partial charge in [-0.15, -0.1) is 0 Å². The zero-order chi connectivity index (χ0) is 12.8. The molecule has 2 aromatic rings. The molecule has 1 N–H and O–H groups in total. The summed E-state index contributed by atoms with van der Waals surface area (Å²) in [6.07, 6.45) is 2.01. The zero-order valence-corrected chi connectivity index (χ0v) is 10.6. The summed E-state index contributed by atoms with van der Waals surface area (Å²) < 4.78 is 13.7. The van der Waals surface area contributed by atoms with Gasteiger partial charge in [0.15, 0.2) is 0 Å². The Morgan fingerprint density at radius 1 is 1.00 bits per heavy atom. The van der Waals surface area contributed by atoms with Crippen LogP contribution in [0.5, 0.6) is 0 Å². The fourth-order valence-corrected chi connectivity index (χ4v) is 1.94. The van der Waals surface area contributed by atoms with E-state index >= 15 is 0 Å². The number of benzene rings is 2. The van der Waals surface area contributed by atoms with Crippen LogP contribution in [-0.4, -0.2) is 6.54 Å². The normalized spacial score (nSPS) is 10.3. The van der Waals surface area contributed by atoms with Gasteiger partial charge in [0.2, 0.25) is 0 Å². The van der Waals surface area contributed by atoms with Crippen LogP contribution in [0.25, 0.3) is 0 Å². The molecular weight excluding hydrogens is 225 g/mol. The summed E-state index contributed by atoms with van der Waals surface area (Å²) in [7, 11) is 0. The highest BCUT2D eigenvalue weighted by atomic mass is 19.1. The number of hydrogen-bond acceptors (Lipinski definition) is 1. The van der Waals surface area contributed by atoms with E-state index in [4.69, 9.17) is 0 Å². The standard InChI is InChI=1S/C16H18FN/c1-13-7-5-11-15(16(13)17)18-12-6-10-14-8-3-2-4-9-14/h2-5,7-9,11,18H,6,10,12H2,1H3.